The van der Waals surface area contributed by atoms with E-state index >= 15 is 0 Å². The lowest BCUT2D eigenvalue weighted by molar-refractivity contribution is -0.140. The van der Waals surface area contributed by atoms with Crippen LogP contribution in [0.15, 0.2) is 30.3 Å². The fourth-order valence-electron chi connectivity index (χ4n) is 2.06. The Labute approximate surface area is 135 Å². The van der Waals surface area contributed by atoms with Crippen LogP contribution in [0.5, 0.6) is 11.6 Å². The predicted octanol–water partition coefficient (Wildman–Crippen LogP) is 3.05. The van der Waals surface area contributed by atoms with Gasteiger partial charge in [0.25, 0.3) is 0 Å². The van der Waals surface area contributed by atoms with Crippen LogP contribution in [0.1, 0.15) is 18.2 Å². The number of rotatable bonds is 6. The van der Waals surface area contributed by atoms with Gasteiger partial charge in [-0.05, 0) is 31.5 Å². The van der Waals surface area contributed by atoms with E-state index in [1.54, 1.807) is 0 Å². The lowest BCUT2D eigenvalue weighted by atomic mass is 10.1. The second-order valence-corrected chi connectivity index (χ2v) is 5.10. The Morgan fingerprint density at radius 2 is 1.96 bits per heavy atom. The van der Waals surface area contributed by atoms with Gasteiger partial charge in [0.15, 0.2) is 0 Å². The molecule has 0 aliphatic rings. The van der Waals surface area contributed by atoms with Crippen molar-refractivity contribution in [3.05, 3.63) is 41.6 Å². The molecule has 6 heteroatoms. The van der Waals surface area contributed by atoms with Crippen molar-refractivity contribution in [2.45, 2.75) is 20.8 Å². The van der Waals surface area contributed by atoms with Crippen LogP contribution in [0.4, 0.5) is 11.4 Å². The third kappa shape index (κ3) is 4.35. The Hall–Kier alpha value is -2.76. The molecule has 0 saturated heterocycles. The fraction of sp³-hybridized carbons (Fsp3) is 0.294. The van der Waals surface area contributed by atoms with Gasteiger partial charge in [-0.3, -0.25) is 4.79 Å². The summed E-state index contributed by atoms with van der Waals surface area (Å²) in [6, 6.07) is 9.34. The molecule has 0 aliphatic carbocycles. The minimum Gasteiger partial charge on any atom is -0.464 e. The van der Waals surface area contributed by atoms with Crippen molar-refractivity contribution in [1.82, 2.24) is 4.98 Å². The van der Waals surface area contributed by atoms with Gasteiger partial charge in [-0.1, -0.05) is 18.2 Å². The summed E-state index contributed by atoms with van der Waals surface area (Å²) in [6.45, 7) is 5.92. The third-order valence-electron chi connectivity index (χ3n) is 3.35. The predicted molar refractivity (Wildman–Crippen MR) is 89.8 cm³/mol. The number of nitrogens with one attached hydrogen (secondary N) is 1. The van der Waals surface area contributed by atoms with Crippen molar-refractivity contribution in [2.75, 3.05) is 24.2 Å². The minimum atomic E-state index is -0.310. The number of nitrogens with zero attached hydrogens (tertiary/aromatic N) is 1. The summed E-state index contributed by atoms with van der Waals surface area (Å²) < 4.78 is 10.7. The molecule has 0 aliphatic heterocycles. The number of anilines is 2. The first-order valence-electron chi connectivity index (χ1n) is 7.36. The summed E-state index contributed by atoms with van der Waals surface area (Å²) in [5.41, 5.74) is 9.12. The Morgan fingerprint density at radius 3 is 2.61 bits per heavy atom. The monoisotopic (exact) mass is 315 g/mol. The molecule has 0 amide bonds. The molecule has 6 nitrogen and oxygen atoms in total. The lowest BCUT2D eigenvalue weighted by Crippen LogP contribution is -2.14. The van der Waals surface area contributed by atoms with Crippen LogP contribution in [0.25, 0.3) is 0 Å². The molecule has 1 aromatic carbocycles. The topological polar surface area (TPSA) is 86.5 Å². The number of para-hydroxylation sites is 1. The first kappa shape index (κ1) is 16.6. The molecule has 0 saturated carbocycles. The Balaban J connectivity index is 2.19. The number of aryl methyl sites for hydroxylation is 1. The fourth-order valence-corrected chi connectivity index (χ4v) is 2.06. The van der Waals surface area contributed by atoms with Crippen LogP contribution in [0.3, 0.4) is 0 Å². The smallest absolute Gasteiger partial charge is 0.302 e. The first-order chi connectivity index (χ1) is 11.0. The van der Waals surface area contributed by atoms with Crippen molar-refractivity contribution < 1.29 is 14.3 Å². The summed E-state index contributed by atoms with van der Waals surface area (Å²) in [7, 11) is 0. The molecule has 1 heterocycles. The zero-order chi connectivity index (χ0) is 16.8. The molecule has 0 bridgehead atoms. The van der Waals surface area contributed by atoms with Gasteiger partial charge < -0.3 is 20.5 Å². The van der Waals surface area contributed by atoms with Crippen molar-refractivity contribution in [3.8, 4) is 11.6 Å². The van der Waals surface area contributed by atoms with Crippen molar-refractivity contribution in [2.24, 2.45) is 0 Å². The highest BCUT2D eigenvalue weighted by atomic mass is 16.5. The maximum atomic E-state index is 10.8. The van der Waals surface area contributed by atoms with E-state index in [1.807, 2.05) is 44.2 Å². The molecular formula is C17H21N3O3. The van der Waals surface area contributed by atoms with Crippen molar-refractivity contribution in [3.63, 3.8) is 0 Å². The number of benzene rings is 1. The van der Waals surface area contributed by atoms with E-state index in [9.17, 15) is 4.79 Å². The molecule has 3 N–H and O–H groups in total. The highest BCUT2D eigenvalue weighted by Crippen LogP contribution is 2.34. The van der Waals surface area contributed by atoms with Gasteiger partial charge in [-0.2, -0.15) is 0 Å². The van der Waals surface area contributed by atoms with Crippen molar-refractivity contribution >= 4 is 17.3 Å². The van der Waals surface area contributed by atoms with E-state index in [4.69, 9.17) is 15.2 Å². The average molecular weight is 315 g/mol. The molecule has 1 aromatic heterocycles. The standard InChI is InChI=1S/C17H21N3O3/c1-11-12(2)20-17(23-14-7-5-4-6-8-14)15(18)16(11)19-9-10-22-13(3)21/h4-8H,9-10,18H2,1-3H3,(H,19,20). The van der Waals surface area contributed by atoms with Gasteiger partial charge >= 0.3 is 5.97 Å². The van der Waals surface area contributed by atoms with Crippen LogP contribution < -0.4 is 15.8 Å². The van der Waals surface area contributed by atoms with E-state index in [1.165, 1.54) is 6.92 Å². The lowest BCUT2D eigenvalue weighted by Gasteiger charge is -2.17. The maximum absolute atomic E-state index is 10.8. The van der Waals surface area contributed by atoms with Gasteiger partial charge in [0, 0.05) is 19.2 Å². The van der Waals surface area contributed by atoms with E-state index in [0.29, 0.717) is 23.9 Å². The zero-order valence-electron chi connectivity index (χ0n) is 13.6. The number of esters is 1. The quantitative estimate of drug-likeness (QED) is 0.629. The van der Waals surface area contributed by atoms with Crippen LogP contribution >= 0.6 is 0 Å². The molecule has 0 radical (unpaired) electrons. The average Bonchev–Trinajstić information content (AvgIpc) is 2.52. The van der Waals surface area contributed by atoms with E-state index in [0.717, 1.165) is 16.9 Å². The SMILES string of the molecule is CC(=O)OCCNc1c(C)c(C)nc(Oc2ccccc2)c1N. The van der Waals surface area contributed by atoms with Gasteiger partial charge in [0.1, 0.15) is 18.0 Å². The zero-order valence-corrected chi connectivity index (χ0v) is 13.6. The van der Waals surface area contributed by atoms with E-state index < -0.39 is 0 Å². The summed E-state index contributed by atoms with van der Waals surface area (Å²) in [5, 5.41) is 3.18. The number of hydrogen-bond donors (Lipinski definition) is 2. The number of nitrogen functional groups attached to an aromatic ring is 1. The minimum absolute atomic E-state index is 0.268. The highest BCUT2D eigenvalue weighted by Gasteiger charge is 2.14. The number of carbonyl (C=O) groups is 1. The largest absolute Gasteiger partial charge is 0.464 e. The molecule has 122 valence electrons. The second kappa shape index (κ2) is 7.49. The van der Waals surface area contributed by atoms with Gasteiger partial charge in [-0.15, -0.1) is 0 Å². The molecule has 0 unspecified atom stereocenters. The summed E-state index contributed by atoms with van der Waals surface area (Å²) in [6.07, 6.45) is 0. The molecule has 2 aromatic rings. The van der Waals surface area contributed by atoms with E-state index in [2.05, 4.69) is 10.3 Å². The first-order valence-corrected chi connectivity index (χ1v) is 7.36. The number of hydrogen-bond acceptors (Lipinski definition) is 6. The summed E-state index contributed by atoms with van der Waals surface area (Å²) in [4.78, 5) is 15.2. The highest BCUT2D eigenvalue weighted by molar-refractivity contribution is 5.75. The number of pyridine rings is 1. The molecule has 0 atom stereocenters. The molecule has 23 heavy (non-hydrogen) atoms. The van der Waals surface area contributed by atoms with Gasteiger partial charge in [0.2, 0.25) is 5.88 Å². The van der Waals surface area contributed by atoms with Crippen LogP contribution in [-0.4, -0.2) is 24.1 Å². The van der Waals surface area contributed by atoms with Crippen LogP contribution in [0.2, 0.25) is 0 Å². The molecule has 2 rings (SSSR count). The molecule has 0 spiro atoms. The number of nitrogens with two attached hydrogens (primary N) is 1. The normalized spacial score (nSPS) is 10.2. The Kier molecular flexibility index (Phi) is 5.41. The summed E-state index contributed by atoms with van der Waals surface area (Å²) >= 11 is 0. The number of carbonyl (C=O) groups excluding carboxylic acids is 1. The summed E-state index contributed by atoms with van der Waals surface area (Å²) in [5.74, 6) is 0.714. The second-order valence-electron chi connectivity index (χ2n) is 5.10. The molecule has 0 fully saturated rings. The number of aromatic nitrogens is 1. The third-order valence-corrected chi connectivity index (χ3v) is 3.35. The van der Waals surface area contributed by atoms with Crippen LogP contribution in [0, 0.1) is 13.8 Å². The van der Waals surface area contributed by atoms with Gasteiger partial charge in [-0.25, -0.2) is 4.98 Å². The Bertz CT molecular complexity index is 687. The van der Waals surface area contributed by atoms with E-state index in [-0.39, 0.29) is 12.6 Å². The Morgan fingerprint density at radius 1 is 1.26 bits per heavy atom. The molecular weight excluding hydrogens is 294 g/mol. The van der Waals surface area contributed by atoms with Gasteiger partial charge in [0.05, 0.1) is 5.69 Å². The van der Waals surface area contributed by atoms with Crippen molar-refractivity contribution in [1.29, 1.82) is 0 Å². The maximum Gasteiger partial charge on any atom is 0.302 e. The van der Waals surface area contributed by atoms with Crippen LogP contribution in [-0.2, 0) is 9.53 Å². The number of ether oxygens (including phenoxy) is 2.